The minimum Gasteiger partial charge on any atom is -0.488 e. The maximum atomic E-state index is 13.6. The summed E-state index contributed by atoms with van der Waals surface area (Å²) in [6.45, 7) is 3.29. The third kappa shape index (κ3) is 6.70. The fraction of sp³-hybridized carbons (Fsp3) is 0.321. The number of likely N-dealkylation sites (N-methyl/N-ethyl adjacent to an activating group) is 1. The summed E-state index contributed by atoms with van der Waals surface area (Å²) in [4.78, 5) is 15.1. The van der Waals surface area contributed by atoms with Crippen LogP contribution in [0.2, 0.25) is 0 Å². The Morgan fingerprint density at radius 2 is 1.71 bits per heavy atom. The molecule has 0 spiro atoms. The van der Waals surface area contributed by atoms with E-state index in [1.807, 2.05) is 6.92 Å². The molecule has 41 heavy (non-hydrogen) atoms. The molecule has 3 aromatic rings. The molecule has 13 heteroatoms. The van der Waals surface area contributed by atoms with Crippen molar-refractivity contribution in [1.82, 2.24) is 9.21 Å². The van der Waals surface area contributed by atoms with E-state index in [4.69, 9.17) is 4.74 Å². The molecule has 0 saturated carbocycles. The van der Waals surface area contributed by atoms with Crippen molar-refractivity contribution in [2.75, 3.05) is 31.5 Å². The Morgan fingerprint density at radius 3 is 2.34 bits per heavy atom. The van der Waals surface area contributed by atoms with Gasteiger partial charge in [-0.05, 0) is 61.5 Å². The second-order valence-electron chi connectivity index (χ2n) is 9.99. The van der Waals surface area contributed by atoms with Gasteiger partial charge in [-0.2, -0.15) is 4.31 Å². The topological polar surface area (TPSA) is 133 Å². The van der Waals surface area contributed by atoms with Crippen molar-refractivity contribution >= 4 is 31.6 Å². The van der Waals surface area contributed by atoms with Gasteiger partial charge in [0.25, 0.3) is 15.9 Å². The number of rotatable bonds is 9. The van der Waals surface area contributed by atoms with Crippen LogP contribution in [0.1, 0.15) is 24.2 Å². The van der Waals surface area contributed by atoms with Crippen molar-refractivity contribution < 1.29 is 35.9 Å². The molecule has 3 atom stereocenters. The van der Waals surface area contributed by atoms with Gasteiger partial charge in [-0.3, -0.25) is 9.52 Å². The second kappa shape index (κ2) is 12.1. The van der Waals surface area contributed by atoms with Crippen LogP contribution in [0.4, 0.5) is 10.1 Å². The van der Waals surface area contributed by atoms with Crippen molar-refractivity contribution in [1.29, 1.82) is 0 Å². The number of halogens is 1. The van der Waals surface area contributed by atoms with Crippen LogP contribution in [0.25, 0.3) is 0 Å². The van der Waals surface area contributed by atoms with E-state index in [0.29, 0.717) is 0 Å². The summed E-state index contributed by atoms with van der Waals surface area (Å²) < 4.78 is 75.2. The molecule has 0 aromatic heterocycles. The van der Waals surface area contributed by atoms with Crippen LogP contribution < -0.4 is 9.46 Å². The van der Waals surface area contributed by atoms with Gasteiger partial charge in [-0.25, -0.2) is 21.2 Å². The number of nitrogens with one attached hydrogen (secondary N) is 1. The predicted molar refractivity (Wildman–Crippen MR) is 151 cm³/mol. The molecule has 10 nitrogen and oxygen atoms in total. The van der Waals surface area contributed by atoms with Gasteiger partial charge in [-0.15, -0.1) is 0 Å². The molecule has 2 N–H and O–H groups in total. The average Bonchev–Trinajstić information content (AvgIpc) is 2.95. The Bertz CT molecular complexity index is 1600. The highest BCUT2D eigenvalue weighted by atomic mass is 32.2. The highest BCUT2D eigenvalue weighted by Crippen LogP contribution is 2.32. The van der Waals surface area contributed by atoms with Gasteiger partial charge in [0, 0.05) is 25.2 Å². The van der Waals surface area contributed by atoms with Gasteiger partial charge in [0.2, 0.25) is 10.0 Å². The highest BCUT2D eigenvalue weighted by Gasteiger charge is 2.35. The van der Waals surface area contributed by atoms with E-state index in [0.717, 1.165) is 24.3 Å². The Labute approximate surface area is 239 Å². The maximum Gasteiger partial charge on any atom is 0.261 e. The third-order valence-corrected chi connectivity index (χ3v) is 10.2. The molecule has 4 rings (SSSR count). The summed E-state index contributed by atoms with van der Waals surface area (Å²) in [5.41, 5.74) is 0.102. The summed E-state index contributed by atoms with van der Waals surface area (Å²) in [6, 6.07) is 15.9. The lowest BCUT2D eigenvalue weighted by molar-refractivity contribution is 0.0387. The number of anilines is 1. The molecule has 1 aliphatic heterocycles. The number of amides is 1. The summed E-state index contributed by atoms with van der Waals surface area (Å²) in [5.74, 6) is -1.28. The first kappa shape index (κ1) is 30.4. The lowest BCUT2D eigenvalue weighted by Crippen LogP contribution is -2.50. The number of benzene rings is 3. The Kier molecular flexibility index (Phi) is 9.02. The molecule has 0 fully saturated rings. The normalized spacial score (nSPS) is 18.7. The molecular formula is C28H32FN3O7S2. The summed E-state index contributed by atoms with van der Waals surface area (Å²) in [5, 5.41) is 9.87. The van der Waals surface area contributed by atoms with E-state index < -0.39 is 43.9 Å². The quantitative estimate of drug-likeness (QED) is 0.383. The number of aliphatic hydroxyl groups excluding tert-OH is 1. The van der Waals surface area contributed by atoms with Crippen LogP contribution in [-0.4, -0.2) is 75.9 Å². The van der Waals surface area contributed by atoms with Crippen molar-refractivity contribution in [3.8, 4) is 5.75 Å². The summed E-state index contributed by atoms with van der Waals surface area (Å²) in [7, 11) is -6.48. The minimum atomic E-state index is -4.10. The number of fused-ring (bicyclic) bond motifs is 1. The van der Waals surface area contributed by atoms with Gasteiger partial charge >= 0.3 is 0 Å². The van der Waals surface area contributed by atoms with Crippen molar-refractivity contribution in [2.45, 2.75) is 35.8 Å². The van der Waals surface area contributed by atoms with Crippen LogP contribution in [0.3, 0.4) is 0 Å². The molecule has 0 aliphatic carbocycles. The van der Waals surface area contributed by atoms with Gasteiger partial charge in [0.1, 0.15) is 17.7 Å². The van der Waals surface area contributed by atoms with E-state index in [9.17, 15) is 31.1 Å². The lowest BCUT2D eigenvalue weighted by Gasteiger charge is -2.38. The molecular weight excluding hydrogens is 573 g/mol. The number of carbonyl (C=O) groups is 1. The average molecular weight is 606 g/mol. The third-order valence-electron chi connectivity index (χ3n) is 6.93. The van der Waals surface area contributed by atoms with E-state index in [1.165, 1.54) is 46.6 Å². The molecule has 1 amide bonds. The zero-order chi connectivity index (χ0) is 29.9. The first-order valence-corrected chi connectivity index (χ1v) is 15.8. The molecule has 1 heterocycles. The molecule has 0 bridgehead atoms. The molecule has 0 radical (unpaired) electrons. The monoisotopic (exact) mass is 605 g/mol. The molecule has 3 aromatic carbocycles. The highest BCUT2D eigenvalue weighted by molar-refractivity contribution is 7.92. The SMILES string of the molecule is C[C@H](CO)N1C[C@H](C)[C@@H](CN(C)S(=O)(=O)c2ccccc2)Oc2ccc(NS(=O)(=O)c3ccc(F)cc3)cc2C1=O. The second-order valence-corrected chi connectivity index (χ2v) is 13.7. The standard InChI is InChI=1S/C28H32FN3O7S2/c1-19-16-32(20(2)18-33)28(34)25-15-22(30-40(35,36)23-12-9-21(29)10-13-23)11-14-26(25)39-27(19)17-31(3)41(37,38)24-7-5-4-6-8-24/h4-15,19-20,27,30,33H,16-18H2,1-3H3/t19-,20+,27+/m0/s1. The van der Waals surface area contributed by atoms with E-state index in [1.54, 1.807) is 25.1 Å². The van der Waals surface area contributed by atoms with Crippen molar-refractivity contribution in [2.24, 2.45) is 5.92 Å². The van der Waals surface area contributed by atoms with E-state index in [2.05, 4.69) is 4.72 Å². The number of carbonyl (C=O) groups excluding carboxylic acids is 1. The van der Waals surface area contributed by atoms with E-state index >= 15 is 0 Å². The van der Waals surface area contributed by atoms with Crippen LogP contribution >= 0.6 is 0 Å². The first-order valence-electron chi connectivity index (χ1n) is 12.9. The number of ether oxygens (including phenoxy) is 1. The fourth-order valence-electron chi connectivity index (χ4n) is 4.46. The molecule has 0 unspecified atom stereocenters. The molecule has 1 aliphatic rings. The van der Waals surface area contributed by atoms with Gasteiger partial charge in [0.15, 0.2) is 0 Å². The van der Waals surface area contributed by atoms with Crippen molar-refractivity contribution in [3.63, 3.8) is 0 Å². The number of hydrogen-bond donors (Lipinski definition) is 2. The van der Waals surface area contributed by atoms with Crippen LogP contribution in [0.15, 0.2) is 82.6 Å². The Hall–Kier alpha value is -3.52. The zero-order valence-corrected chi connectivity index (χ0v) is 24.4. The number of aliphatic hydroxyl groups is 1. The summed E-state index contributed by atoms with van der Waals surface area (Å²) >= 11 is 0. The van der Waals surface area contributed by atoms with E-state index in [-0.39, 0.29) is 52.4 Å². The minimum absolute atomic E-state index is 0.0354. The summed E-state index contributed by atoms with van der Waals surface area (Å²) in [6.07, 6.45) is -0.694. The molecule has 220 valence electrons. The largest absolute Gasteiger partial charge is 0.488 e. The maximum absolute atomic E-state index is 13.6. The Balaban J connectivity index is 1.68. The molecule has 0 saturated heterocycles. The fourth-order valence-corrected chi connectivity index (χ4v) is 6.71. The van der Waals surface area contributed by atoms with Crippen molar-refractivity contribution in [3.05, 3.63) is 84.2 Å². The zero-order valence-electron chi connectivity index (χ0n) is 22.8. The van der Waals surface area contributed by atoms with Gasteiger partial charge in [-0.1, -0.05) is 25.1 Å². The van der Waals surface area contributed by atoms with Gasteiger partial charge in [0.05, 0.1) is 34.5 Å². The smallest absolute Gasteiger partial charge is 0.261 e. The van der Waals surface area contributed by atoms with Gasteiger partial charge < -0.3 is 14.7 Å². The van der Waals surface area contributed by atoms with Crippen LogP contribution in [-0.2, 0) is 20.0 Å². The van der Waals surface area contributed by atoms with Crippen LogP contribution in [0.5, 0.6) is 5.75 Å². The van der Waals surface area contributed by atoms with Crippen LogP contribution in [0, 0.1) is 11.7 Å². The number of nitrogens with zero attached hydrogens (tertiary/aromatic N) is 2. The number of sulfonamides is 2. The lowest BCUT2D eigenvalue weighted by atomic mass is 9.99. The Morgan fingerprint density at radius 1 is 1.05 bits per heavy atom. The number of hydrogen-bond acceptors (Lipinski definition) is 7. The first-order chi connectivity index (χ1) is 19.3. The predicted octanol–water partition coefficient (Wildman–Crippen LogP) is 3.17.